The molecule has 6 nitrogen and oxygen atoms in total. The molecule has 0 aromatic heterocycles. The van der Waals surface area contributed by atoms with Crippen LogP contribution in [0.25, 0.3) is 6.08 Å². The highest BCUT2D eigenvalue weighted by Gasteiger charge is 2.33. The highest BCUT2D eigenvalue weighted by Crippen LogP contribution is 2.19. The van der Waals surface area contributed by atoms with Gasteiger partial charge in [-0.2, -0.15) is 0 Å². The third-order valence-electron chi connectivity index (χ3n) is 4.25. The molecule has 27 heavy (non-hydrogen) atoms. The molecule has 1 heterocycles. The lowest BCUT2D eigenvalue weighted by molar-refractivity contribution is -0.159. The predicted molar refractivity (Wildman–Crippen MR) is 104 cm³/mol. The first-order chi connectivity index (χ1) is 13.0. The van der Waals surface area contributed by atoms with Gasteiger partial charge in [-0.05, 0) is 56.2 Å². The molecule has 0 bridgehead atoms. The van der Waals surface area contributed by atoms with Gasteiger partial charge in [0.25, 0.3) is 5.91 Å². The summed E-state index contributed by atoms with van der Waals surface area (Å²) in [4.78, 5) is 38.9. The number of esters is 2. The molecule has 1 aromatic rings. The van der Waals surface area contributed by atoms with Crippen molar-refractivity contribution in [3.63, 3.8) is 0 Å². The molecule has 1 saturated heterocycles. The quantitative estimate of drug-likeness (QED) is 0.404. The van der Waals surface area contributed by atoms with Crippen molar-refractivity contribution in [1.29, 1.82) is 0 Å². The van der Waals surface area contributed by atoms with E-state index in [1.807, 2.05) is 30.5 Å². The molecule has 2 rings (SSSR count). The van der Waals surface area contributed by atoms with E-state index in [1.165, 1.54) is 11.0 Å². The molecule has 1 aliphatic heterocycles. The maximum Gasteiger partial charge on any atom is 0.331 e. The molecule has 1 aliphatic rings. The molecule has 1 aromatic carbocycles. The summed E-state index contributed by atoms with van der Waals surface area (Å²) in [6, 6.07) is 7.14. The molecule has 146 valence electrons. The zero-order valence-electron chi connectivity index (χ0n) is 15.7. The van der Waals surface area contributed by atoms with E-state index in [0.29, 0.717) is 13.0 Å². The van der Waals surface area contributed by atoms with Crippen molar-refractivity contribution in [3.8, 4) is 0 Å². The Labute approximate surface area is 163 Å². The van der Waals surface area contributed by atoms with Gasteiger partial charge in [-0.3, -0.25) is 4.79 Å². The third-order valence-corrected chi connectivity index (χ3v) is 4.99. The van der Waals surface area contributed by atoms with Crippen LogP contribution in [-0.4, -0.2) is 54.8 Å². The van der Waals surface area contributed by atoms with Crippen LogP contribution in [0.15, 0.2) is 35.2 Å². The van der Waals surface area contributed by atoms with E-state index < -0.39 is 18.0 Å². The molecule has 0 spiro atoms. The second-order valence-electron chi connectivity index (χ2n) is 6.06. The number of benzene rings is 1. The normalized spacial score (nSPS) is 17.0. The summed E-state index contributed by atoms with van der Waals surface area (Å²) in [5.74, 6) is -1.37. The van der Waals surface area contributed by atoms with Crippen LogP contribution in [0.4, 0.5) is 0 Å². The topological polar surface area (TPSA) is 72.9 Å². The van der Waals surface area contributed by atoms with Crippen LogP contribution >= 0.6 is 11.8 Å². The molecule has 0 N–H and O–H groups in total. The van der Waals surface area contributed by atoms with Gasteiger partial charge in [0.2, 0.25) is 0 Å². The molecule has 0 saturated carbocycles. The van der Waals surface area contributed by atoms with Gasteiger partial charge in [-0.15, -0.1) is 11.8 Å². The first-order valence-corrected chi connectivity index (χ1v) is 10.2. The summed E-state index contributed by atoms with van der Waals surface area (Å²) >= 11 is 1.64. The van der Waals surface area contributed by atoms with E-state index in [0.717, 1.165) is 23.3 Å². The lowest BCUT2D eigenvalue weighted by Crippen LogP contribution is -2.50. The van der Waals surface area contributed by atoms with Gasteiger partial charge in [0.1, 0.15) is 6.04 Å². The molecular weight excluding hydrogens is 366 g/mol. The van der Waals surface area contributed by atoms with Gasteiger partial charge >= 0.3 is 11.9 Å². The molecule has 1 atom stereocenters. The summed E-state index contributed by atoms with van der Waals surface area (Å²) in [7, 11) is 0. The Balaban J connectivity index is 1.86. The maximum atomic E-state index is 12.4. The fourth-order valence-electron chi connectivity index (χ4n) is 2.86. The number of carbonyl (C=O) groups is 3. The minimum absolute atomic E-state index is 0.273. The zero-order chi connectivity index (χ0) is 19.6. The van der Waals surface area contributed by atoms with E-state index in [9.17, 15) is 14.4 Å². The van der Waals surface area contributed by atoms with Gasteiger partial charge in [0, 0.05) is 17.5 Å². The van der Waals surface area contributed by atoms with Crippen LogP contribution in [0.1, 0.15) is 31.7 Å². The fourth-order valence-corrected chi connectivity index (χ4v) is 3.26. The second kappa shape index (κ2) is 10.8. The fraction of sp³-hybridized carbons (Fsp3) is 0.450. The lowest BCUT2D eigenvalue weighted by Gasteiger charge is -2.33. The SMILES string of the molecule is CCOC(=O)[C@H]1CCCCN1C(=O)COC(=O)/C=C/c1ccc(SC)cc1. The van der Waals surface area contributed by atoms with Crippen molar-refractivity contribution in [2.24, 2.45) is 0 Å². The highest BCUT2D eigenvalue weighted by atomic mass is 32.2. The molecule has 7 heteroatoms. The van der Waals surface area contributed by atoms with E-state index >= 15 is 0 Å². The van der Waals surface area contributed by atoms with Crippen molar-refractivity contribution in [1.82, 2.24) is 4.90 Å². The number of hydrogen-bond donors (Lipinski definition) is 0. The third kappa shape index (κ3) is 6.43. The Morgan fingerprint density at radius 2 is 1.93 bits per heavy atom. The van der Waals surface area contributed by atoms with E-state index in [2.05, 4.69) is 0 Å². The number of hydrogen-bond acceptors (Lipinski definition) is 6. The maximum absolute atomic E-state index is 12.4. The van der Waals surface area contributed by atoms with Gasteiger partial charge in [0.15, 0.2) is 6.61 Å². The Hall–Kier alpha value is -2.28. The molecule has 0 unspecified atom stereocenters. The molecule has 1 fully saturated rings. The largest absolute Gasteiger partial charge is 0.464 e. The van der Waals surface area contributed by atoms with E-state index in [1.54, 1.807) is 24.8 Å². The number of likely N-dealkylation sites (tertiary alicyclic amines) is 1. The zero-order valence-corrected chi connectivity index (χ0v) is 16.5. The minimum Gasteiger partial charge on any atom is -0.464 e. The minimum atomic E-state index is -0.595. The van der Waals surface area contributed by atoms with Crippen molar-refractivity contribution >= 4 is 35.7 Å². The van der Waals surface area contributed by atoms with Gasteiger partial charge < -0.3 is 14.4 Å². The number of amides is 1. The van der Waals surface area contributed by atoms with Gasteiger partial charge in [-0.1, -0.05) is 12.1 Å². The lowest BCUT2D eigenvalue weighted by atomic mass is 10.0. The summed E-state index contributed by atoms with van der Waals surface area (Å²) in [5.41, 5.74) is 0.870. The van der Waals surface area contributed by atoms with Crippen molar-refractivity contribution < 1.29 is 23.9 Å². The number of nitrogens with zero attached hydrogens (tertiary/aromatic N) is 1. The smallest absolute Gasteiger partial charge is 0.331 e. The Kier molecular flexibility index (Phi) is 8.39. The van der Waals surface area contributed by atoms with Crippen LogP contribution in [0.5, 0.6) is 0 Å². The standard InChI is InChI=1S/C20H25NO5S/c1-3-25-20(24)17-6-4-5-13-21(17)18(22)14-26-19(23)12-9-15-7-10-16(27-2)11-8-15/h7-12,17H,3-6,13-14H2,1-2H3/b12-9+/t17-/m1/s1. The first kappa shape index (κ1) is 21.0. The number of rotatable bonds is 7. The Bertz CT molecular complexity index is 686. The van der Waals surface area contributed by atoms with Crippen LogP contribution in [-0.2, 0) is 23.9 Å². The number of carbonyl (C=O) groups excluding carboxylic acids is 3. The predicted octanol–water partition coefficient (Wildman–Crippen LogP) is 2.91. The molecule has 0 radical (unpaired) electrons. The number of piperidine rings is 1. The van der Waals surface area contributed by atoms with Crippen LogP contribution in [0.2, 0.25) is 0 Å². The van der Waals surface area contributed by atoms with Crippen LogP contribution in [0.3, 0.4) is 0 Å². The summed E-state index contributed by atoms with van der Waals surface area (Å²) in [6.07, 6.45) is 7.19. The van der Waals surface area contributed by atoms with Crippen molar-refractivity contribution in [2.75, 3.05) is 26.0 Å². The molecule has 1 amide bonds. The van der Waals surface area contributed by atoms with Crippen LogP contribution in [0, 0.1) is 0 Å². The Morgan fingerprint density at radius 1 is 1.19 bits per heavy atom. The average Bonchev–Trinajstić information content (AvgIpc) is 2.71. The summed E-state index contributed by atoms with van der Waals surface area (Å²) in [5, 5.41) is 0. The highest BCUT2D eigenvalue weighted by molar-refractivity contribution is 7.98. The molecule has 0 aliphatic carbocycles. The second-order valence-corrected chi connectivity index (χ2v) is 6.94. The van der Waals surface area contributed by atoms with Crippen molar-refractivity contribution in [3.05, 3.63) is 35.9 Å². The Morgan fingerprint density at radius 3 is 2.59 bits per heavy atom. The number of thioether (sulfide) groups is 1. The summed E-state index contributed by atoms with van der Waals surface area (Å²) < 4.78 is 10.1. The summed E-state index contributed by atoms with van der Waals surface area (Å²) in [6.45, 7) is 2.09. The van der Waals surface area contributed by atoms with Gasteiger partial charge in [0.05, 0.1) is 6.61 Å². The monoisotopic (exact) mass is 391 g/mol. The number of ether oxygens (including phenoxy) is 2. The van der Waals surface area contributed by atoms with E-state index in [4.69, 9.17) is 9.47 Å². The van der Waals surface area contributed by atoms with Crippen LogP contribution < -0.4 is 0 Å². The van der Waals surface area contributed by atoms with Gasteiger partial charge in [-0.25, -0.2) is 9.59 Å². The first-order valence-electron chi connectivity index (χ1n) is 9.00. The van der Waals surface area contributed by atoms with E-state index in [-0.39, 0.29) is 19.1 Å². The molecular formula is C20H25NO5S. The van der Waals surface area contributed by atoms with Crippen molar-refractivity contribution in [2.45, 2.75) is 37.1 Å². The average molecular weight is 391 g/mol.